The Morgan fingerprint density at radius 2 is 2.14 bits per heavy atom. The molecule has 3 rings (SSSR count). The van der Waals surface area contributed by atoms with Gasteiger partial charge >= 0.3 is 6.18 Å². The van der Waals surface area contributed by atoms with E-state index < -0.39 is 33.8 Å². The van der Waals surface area contributed by atoms with Gasteiger partial charge in [0.1, 0.15) is 6.54 Å². The normalized spacial score (nSPS) is 17.0. The summed E-state index contributed by atoms with van der Waals surface area (Å²) in [6.07, 6.45) is -2.35. The standard InChI is InChI=1S/C10H11F3N4O2S2/c11-10(12,13)5-17(6-1-2-6)21(18,19)8-7(14)15-9-16(8)3-4-20-9/h3-4,6H,1-2,5,14H2. The number of hydrogen-bond donors (Lipinski definition) is 1. The van der Waals surface area contributed by atoms with E-state index in [4.69, 9.17) is 5.73 Å². The van der Waals surface area contributed by atoms with Crippen molar-refractivity contribution in [2.75, 3.05) is 12.3 Å². The van der Waals surface area contributed by atoms with Gasteiger partial charge in [0, 0.05) is 17.6 Å². The molecule has 116 valence electrons. The number of imidazole rings is 1. The summed E-state index contributed by atoms with van der Waals surface area (Å²) in [5.41, 5.74) is 5.59. The van der Waals surface area contributed by atoms with Crippen LogP contribution >= 0.6 is 11.3 Å². The molecule has 2 heterocycles. The minimum absolute atomic E-state index is 0.283. The largest absolute Gasteiger partial charge is 0.402 e. The van der Waals surface area contributed by atoms with Gasteiger partial charge in [-0.05, 0) is 12.8 Å². The van der Waals surface area contributed by atoms with Crippen molar-refractivity contribution < 1.29 is 21.6 Å². The van der Waals surface area contributed by atoms with Crippen molar-refractivity contribution >= 4 is 32.1 Å². The highest BCUT2D eigenvalue weighted by Crippen LogP contribution is 2.36. The quantitative estimate of drug-likeness (QED) is 0.918. The molecule has 6 nitrogen and oxygen atoms in total. The van der Waals surface area contributed by atoms with Crippen molar-refractivity contribution in [2.45, 2.75) is 30.1 Å². The number of anilines is 1. The van der Waals surface area contributed by atoms with E-state index in [1.54, 1.807) is 5.38 Å². The van der Waals surface area contributed by atoms with Gasteiger partial charge < -0.3 is 5.73 Å². The predicted octanol–water partition coefficient (Wildman–Crippen LogP) is 1.69. The van der Waals surface area contributed by atoms with E-state index >= 15 is 0 Å². The van der Waals surface area contributed by atoms with Gasteiger partial charge in [-0.1, -0.05) is 0 Å². The molecule has 1 saturated carbocycles. The molecule has 2 aromatic heterocycles. The molecule has 1 fully saturated rings. The van der Waals surface area contributed by atoms with Crippen LogP contribution in [0.15, 0.2) is 16.6 Å². The van der Waals surface area contributed by atoms with Gasteiger partial charge in [-0.25, -0.2) is 13.4 Å². The molecule has 0 radical (unpaired) electrons. The summed E-state index contributed by atoms with van der Waals surface area (Å²) >= 11 is 1.15. The maximum Gasteiger partial charge on any atom is 0.402 e. The third-order valence-electron chi connectivity index (χ3n) is 3.09. The second kappa shape index (κ2) is 4.58. The molecule has 0 amide bonds. The van der Waals surface area contributed by atoms with Gasteiger partial charge in [0.05, 0.1) is 0 Å². The molecule has 0 aromatic carbocycles. The van der Waals surface area contributed by atoms with Crippen LogP contribution in [0.3, 0.4) is 0 Å². The van der Waals surface area contributed by atoms with Gasteiger partial charge in [0.2, 0.25) is 0 Å². The number of nitrogens with zero attached hydrogens (tertiary/aromatic N) is 3. The summed E-state index contributed by atoms with van der Waals surface area (Å²) in [5, 5.41) is 1.20. The summed E-state index contributed by atoms with van der Waals surface area (Å²) in [5.74, 6) is -0.283. The summed E-state index contributed by atoms with van der Waals surface area (Å²) in [6, 6.07) is -0.625. The third-order valence-corrected chi connectivity index (χ3v) is 5.78. The zero-order chi connectivity index (χ0) is 15.4. The molecule has 1 aliphatic carbocycles. The van der Waals surface area contributed by atoms with Crippen LogP contribution in [-0.2, 0) is 10.0 Å². The highest BCUT2D eigenvalue weighted by molar-refractivity contribution is 7.89. The van der Waals surface area contributed by atoms with Gasteiger partial charge in [-0.3, -0.25) is 4.40 Å². The number of sulfonamides is 1. The topological polar surface area (TPSA) is 80.7 Å². The van der Waals surface area contributed by atoms with Crippen LogP contribution in [0, 0.1) is 0 Å². The molecule has 0 aliphatic heterocycles. The van der Waals surface area contributed by atoms with Crippen molar-refractivity contribution in [2.24, 2.45) is 0 Å². The van der Waals surface area contributed by atoms with E-state index in [2.05, 4.69) is 4.98 Å². The van der Waals surface area contributed by atoms with E-state index in [0.29, 0.717) is 22.1 Å². The molecular weight excluding hydrogens is 329 g/mol. The number of rotatable bonds is 4. The molecule has 0 spiro atoms. The molecule has 11 heteroatoms. The average molecular weight is 340 g/mol. The third kappa shape index (κ3) is 2.60. The first kappa shape index (κ1) is 14.6. The Morgan fingerprint density at radius 1 is 1.48 bits per heavy atom. The van der Waals surface area contributed by atoms with Crippen molar-refractivity contribution in [1.82, 2.24) is 13.7 Å². The molecule has 1 aliphatic rings. The predicted molar refractivity (Wildman–Crippen MR) is 70.5 cm³/mol. The van der Waals surface area contributed by atoms with Crippen molar-refractivity contribution in [3.8, 4) is 0 Å². The lowest BCUT2D eigenvalue weighted by atomic mass is 10.6. The van der Waals surface area contributed by atoms with Gasteiger partial charge in [0.25, 0.3) is 10.0 Å². The Labute approximate surface area is 122 Å². The van der Waals surface area contributed by atoms with Crippen molar-refractivity contribution in [1.29, 1.82) is 0 Å². The fraction of sp³-hybridized carbons (Fsp3) is 0.500. The number of alkyl halides is 3. The van der Waals surface area contributed by atoms with Crippen LogP contribution in [0.1, 0.15) is 12.8 Å². The zero-order valence-corrected chi connectivity index (χ0v) is 12.2. The second-order valence-corrected chi connectivity index (χ2v) is 7.43. The number of hydrogen-bond acceptors (Lipinski definition) is 5. The summed E-state index contributed by atoms with van der Waals surface area (Å²) in [4.78, 5) is 4.20. The van der Waals surface area contributed by atoms with E-state index in [1.165, 1.54) is 10.6 Å². The average Bonchev–Trinajstić information content (AvgIpc) is 2.99. The Bertz CT molecular complexity index is 776. The highest BCUT2D eigenvalue weighted by Gasteiger charge is 2.46. The highest BCUT2D eigenvalue weighted by atomic mass is 32.2. The van der Waals surface area contributed by atoms with Crippen molar-refractivity contribution in [3.63, 3.8) is 0 Å². The first-order chi connectivity index (χ1) is 9.70. The lowest BCUT2D eigenvalue weighted by Gasteiger charge is -2.22. The van der Waals surface area contributed by atoms with Crippen LogP contribution < -0.4 is 5.73 Å². The van der Waals surface area contributed by atoms with E-state index in [9.17, 15) is 21.6 Å². The Kier molecular flexibility index (Phi) is 3.19. The summed E-state index contributed by atoms with van der Waals surface area (Å²) in [6.45, 7) is -1.52. The molecule has 2 N–H and O–H groups in total. The van der Waals surface area contributed by atoms with Gasteiger partial charge in [-0.2, -0.15) is 17.5 Å². The van der Waals surface area contributed by atoms with Crippen LogP contribution in [0.5, 0.6) is 0 Å². The lowest BCUT2D eigenvalue weighted by Crippen LogP contribution is -2.41. The number of nitrogen functional groups attached to an aromatic ring is 1. The number of fused-ring (bicyclic) bond motifs is 1. The number of thiazole rings is 1. The van der Waals surface area contributed by atoms with Gasteiger partial charge in [-0.15, -0.1) is 11.3 Å². The lowest BCUT2D eigenvalue weighted by molar-refractivity contribution is -0.137. The molecule has 21 heavy (non-hydrogen) atoms. The Hall–Kier alpha value is -1.33. The van der Waals surface area contributed by atoms with Crippen LogP contribution in [0.2, 0.25) is 0 Å². The van der Waals surface area contributed by atoms with Gasteiger partial charge in [0.15, 0.2) is 15.8 Å². The van der Waals surface area contributed by atoms with E-state index in [-0.39, 0.29) is 5.82 Å². The monoisotopic (exact) mass is 340 g/mol. The zero-order valence-electron chi connectivity index (χ0n) is 10.5. The summed E-state index contributed by atoms with van der Waals surface area (Å²) in [7, 11) is -4.36. The first-order valence-electron chi connectivity index (χ1n) is 6.00. The smallest absolute Gasteiger partial charge is 0.381 e. The number of halogens is 3. The van der Waals surface area contributed by atoms with E-state index in [0.717, 1.165) is 11.3 Å². The number of aromatic nitrogens is 2. The van der Waals surface area contributed by atoms with Crippen LogP contribution in [0.4, 0.5) is 19.0 Å². The fourth-order valence-electron chi connectivity index (χ4n) is 2.10. The first-order valence-corrected chi connectivity index (χ1v) is 8.32. The maximum atomic E-state index is 12.7. The Morgan fingerprint density at radius 3 is 2.71 bits per heavy atom. The van der Waals surface area contributed by atoms with E-state index in [1.807, 2.05) is 0 Å². The van der Waals surface area contributed by atoms with Crippen LogP contribution in [0.25, 0.3) is 4.96 Å². The van der Waals surface area contributed by atoms with Crippen molar-refractivity contribution in [3.05, 3.63) is 11.6 Å². The Balaban J connectivity index is 2.09. The summed E-state index contributed by atoms with van der Waals surface area (Å²) < 4.78 is 64.8. The second-order valence-electron chi connectivity index (χ2n) is 4.75. The molecule has 0 unspecified atom stereocenters. The van der Waals surface area contributed by atoms with Crippen LogP contribution in [-0.4, -0.2) is 40.9 Å². The molecule has 0 atom stereocenters. The molecular formula is C10H11F3N4O2S2. The maximum absolute atomic E-state index is 12.7. The number of nitrogens with two attached hydrogens (primary N) is 1. The minimum Gasteiger partial charge on any atom is -0.381 e. The fourth-order valence-corrected chi connectivity index (χ4v) is 4.73. The SMILES string of the molecule is Nc1nc2sccn2c1S(=O)(=O)N(CC(F)(F)F)C1CC1. The molecule has 0 saturated heterocycles. The minimum atomic E-state index is -4.61. The molecule has 2 aromatic rings. The molecule has 0 bridgehead atoms.